The lowest BCUT2D eigenvalue weighted by molar-refractivity contribution is -0.133. The van der Waals surface area contributed by atoms with Gasteiger partial charge in [0.15, 0.2) is 0 Å². The molecule has 6 nitrogen and oxygen atoms in total. The Labute approximate surface area is 152 Å². The quantitative estimate of drug-likeness (QED) is 0.871. The fraction of sp³-hybridized carbons (Fsp3) is 0.211. The van der Waals surface area contributed by atoms with Crippen molar-refractivity contribution in [2.45, 2.75) is 17.9 Å². The Kier molecular flexibility index (Phi) is 4.84. The van der Waals surface area contributed by atoms with Gasteiger partial charge in [-0.25, -0.2) is 13.2 Å². The van der Waals surface area contributed by atoms with Crippen LogP contribution in [0.4, 0.5) is 0 Å². The highest BCUT2D eigenvalue weighted by molar-refractivity contribution is 7.89. The normalized spacial score (nSPS) is 17.8. The van der Waals surface area contributed by atoms with Crippen LogP contribution in [0.2, 0.25) is 0 Å². The van der Waals surface area contributed by atoms with Crippen molar-refractivity contribution in [1.29, 1.82) is 0 Å². The molecule has 2 aromatic carbocycles. The minimum absolute atomic E-state index is 0.00893. The lowest BCUT2D eigenvalue weighted by Gasteiger charge is -2.26. The first-order valence-corrected chi connectivity index (χ1v) is 9.45. The Morgan fingerprint density at radius 2 is 1.81 bits per heavy atom. The maximum atomic E-state index is 13.2. The summed E-state index contributed by atoms with van der Waals surface area (Å²) >= 11 is 0. The molecule has 1 unspecified atom stereocenters. The molecule has 0 spiro atoms. The van der Waals surface area contributed by atoms with E-state index in [9.17, 15) is 18.3 Å². The molecular formula is C19H19NO5S. The predicted molar refractivity (Wildman–Crippen MR) is 96.5 cm³/mol. The Bertz CT molecular complexity index is 964. The molecule has 7 heteroatoms. The summed E-state index contributed by atoms with van der Waals surface area (Å²) in [6, 6.07) is 12.5. The highest BCUT2D eigenvalue weighted by Gasteiger charge is 2.40. The van der Waals surface area contributed by atoms with Crippen molar-refractivity contribution in [1.82, 2.24) is 4.31 Å². The van der Waals surface area contributed by atoms with E-state index in [0.717, 1.165) is 0 Å². The van der Waals surface area contributed by atoms with Crippen molar-refractivity contribution >= 4 is 16.0 Å². The van der Waals surface area contributed by atoms with Crippen molar-refractivity contribution in [2.24, 2.45) is 0 Å². The zero-order valence-corrected chi connectivity index (χ0v) is 15.2. The number of rotatable bonds is 5. The molecule has 0 saturated heterocycles. The van der Waals surface area contributed by atoms with Gasteiger partial charge in [-0.1, -0.05) is 36.4 Å². The minimum atomic E-state index is -3.86. The zero-order valence-electron chi connectivity index (χ0n) is 14.4. The smallest absolute Gasteiger partial charge is 0.333 e. The lowest BCUT2D eigenvalue weighted by Crippen LogP contribution is -2.33. The fourth-order valence-corrected chi connectivity index (χ4v) is 4.87. The Balaban J connectivity index is 2.08. The van der Waals surface area contributed by atoms with Crippen molar-refractivity contribution in [3.8, 4) is 5.75 Å². The SMILES string of the molecule is COc1ccc(C2C(C(=O)O)=CCN2S(=O)(=O)c2ccccc2C)cc1. The third-order valence-electron chi connectivity index (χ3n) is 4.43. The molecule has 0 bridgehead atoms. The fourth-order valence-electron chi connectivity index (χ4n) is 3.11. The predicted octanol–water partition coefficient (Wildman–Crippen LogP) is 2.76. The zero-order chi connectivity index (χ0) is 18.9. The topological polar surface area (TPSA) is 83.9 Å². The molecule has 0 fully saturated rings. The number of ether oxygens (including phenoxy) is 1. The summed E-state index contributed by atoms with van der Waals surface area (Å²) in [5.41, 5.74) is 1.24. The largest absolute Gasteiger partial charge is 0.497 e. The summed E-state index contributed by atoms with van der Waals surface area (Å²) < 4.78 is 32.8. The van der Waals surface area contributed by atoms with Crippen molar-refractivity contribution in [2.75, 3.05) is 13.7 Å². The number of aryl methyl sites for hydroxylation is 1. The maximum absolute atomic E-state index is 13.2. The van der Waals surface area contributed by atoms with Gasteiger partial charge in [-0.05, 0) is 36.2 Å². The second kappa shape index (κ2) is 6.93. The Morgan fingerprint density at radius 3 is 2.38 bits per heavy atom. The average Bonchev–Trinajstić information content (AvgIpc) is 3.08. The van der Waals surface area contributed by atoms with Gasteiger partial charge in [0, 0.05) is 6.54 Å². The molecule has 1 atom stereocenters. The van der Waals surface area contributed by atoms with Gasteiger partial charge in [-0.2, -0.15) is 4.31 Å². The first-order chi connectivity index (χ1) is 12.4. The van der Waals surface area contributed by atoms with Gasteiger partial charge in [0.2, 0.25) is 10.0 Å². The molecule has 1 aliphatic heterocycles. The van der Waals surface area contributed by atoms with E-state index in [4.69, 9.17) is 4.74 Å². The number of aliphatic carboxylic acids is 1. The lowest BCUT2D eigenvalue weighted by atomic mass is 10.0. The van der Waals surface area contributed by atoms with Gasteiger partial charge in [0.1, 0.15) is 5.75 Å². The van der Waals surface area contributed by atoms with E-state index in [0.29, 0.717) is 16.9 Å². The van der Waals surface area contributed by atoms with Crippen molar-refractivity contribution in [3.05, 3.63) is 71.3 Å². The third-order valence-corrected chi connectivity index (χ3v) is 6.42. The van der Waals surface area contributed by atoms with Gasteiger partial charge >= 0.3 is 5.97 Å². The van der Waals surface area contributed by atoms with Crippen LogP contribution in [-0.4, -0.2) is 37.5 Å². The Hall–Kier alpha value is -2.64. The number of hydrogen-bond acceptors (Lipinski definition) is 4. The van der Waals surface area contributed by atoms with Crippen LogP contribution in [0.15, 0.2) is 65.1 Å². The summed E-state index contributed by atoms with van der Waals surface area (Å²) in [6.07, 6.45) is 1.45. The van der Waals surface area contributed by atoms with Gasteiger partial charge in [-0.15, -0.1) is 0 Å². The van der Waals surface area contributed by atoms with Crippen LogP contribution < -0.4 is 4.74 Å². The van der Waals surface area contributed by atoms with Crippen molar-refractivity contribution < 1.29 is 23.1 Å². The first-order valence-electron chi connectivity index (χ1n) is 8.01. The molecule has 136 valence electrons. The van der Waals surface area contributed by atoms with Gasteiger partial charge in [-0.3, -0.25) is 0 Å². The monoisotopic (exact) mass is 373 g/mol. The van der Waals surface area contributed by atoms with Crippen LogP contribution in [-0.2, 0) is 14.8 Å². The van der Waals surface area contributed by atoms with Crippen LogP contribution in [0.5, 0.6) is 5.75 Å². The number of carboxylic acid groups (broad SMARTS) is 1. The van der Waals surface area contributed by atoms with Crippen LogP contribution in [0.1, 0.15) is 17.2 Å². The standard InChI is InChI=1S/C19H19NO5S/c1-13-5-3-4-6-17(13)26(23,24)20-12-11-16(19(21)22)18(20)14-7-9-15(25-2)10-8-14/h3-11,18H,12H2,1-2H3,(H,21,22). The molecule has 0 aliphatic carbocycles. The molecule has 2 aromatic rings. The van der Waals surface area contributed by atoms with Crippen LogP contribution in [0.3, 0.4) is 0 Å². The van der Waals surface area contributed by atoms with Crippen LogP contribution >= 0.6 is 0 Å². The van der Waals surface area contributed by atoms with Crippen molar-refractivity contribution in [3.63, 3.8) is 0 Å². The van der Waals surface area contributed by atoms with E-state index in [1.54, 1.807) is 49.4 Å². The Morgan fingerprint density at radius 1 is 1.15 bits per heavy atom. The van der Waals surface area contributed by atoms with Crippen LogP contribution in [0, 0.1) is 6.92 Å². The summed E-state index contributed by atoms with van der Waals surface area (Å²) in [4.78, 5) is 11.8. The number of carbonyl (C=O) groups is 1. The maximum Gasteiger partial charge on any atom is 0.333 e. The highest BCUT2D eigenvalue weighted by atomic mass is 32.2. The van der Waals surface area contributed by atoms with Gasteiger partial charge in [0.05, 0.1) is 23.6 Å². The third kappa shape index (κ3) is 3.11. The van der Waals surface area contributed by atoms with Gasteiger partial charge < -0.3 is 9.84 Å². The number of nitrogens with zero attached hydrogens (tertiary/aromatic N) is 1. The first kappa shape index (κ1) is 18.2. The van der Waals surface area contributed by atoms with E-state index in [-0.39, 0.29) is 17.0 Å². The molecule has 0 saturated carbocycles. The molecule has 26 heavy (non-hydrogen) atoms. The number of sulfonamides is 1. The van der Waals surface area contributed by atoms with E-state index >= 15 is 0 Å². The molecule has 0 amide bonds. The molecule has 1 aliphatic rings. The summed E-state index contributed by atoms with van der Waals surface area (Å²) in [6.45, 7) is 1.73. The second-order valence-electron chi connectivity index (χ2n) is 5.98. The van der Waals surface area contributed by atoms with E-state index in [1.807, 2.05) is 0 Å². The highest BCUT2D eigenvalue weighted by Crippen LogP contribution is 2.38. The van der Waals surface area contributed by atoms with E-state index in [2.05, 4.69) is 0 Å². The summed E-state index contributed by atoms with van der Waals surface area (Å²) in [5.74, 6) is -0.519. The molecular weight excluding hydrogens is 354 g/mol. The average molecular weight is 373 g/mol. The number of carboxylic acids is 1. The number of benzene rings is 2. The van der Waals surface area contributed by atoms with E-state index in [1.165, 1.54) is 23.6 Å². The molecule has 1 N–H and O–H groups in total. The number of methoxy groups -OCH3 is 1. The summed E-state index contributed by atoms with van der Waals surface area (Å²) in [5, 5.41) is 9.54. The molecule has 0 aromatic heterocycles. The second-order valence-corrected chi connectivity index (χ2v) is 7.84. The molecule has 3 rings (SSSR count). The van der Waals surface area contributed by atoms with Gasteiger partial charge in [0.25, 0.3) is 0 Å². The van der Waals surface area contributed by atoms with E-state index < -0.39 is 22.0 Å². The van der Waals surface area contributed by atoms with Crippen LogP contribution in [0.25, 0.3) is 0 Å². The minimum Gasteiger partial charge on any atom is -0.497 e. The number of hydrogen-bond donors (Lipinski definition) is 1. The summed E-state index contributed by atoms with van der Waals surface area (Å²) in [7, 11) is -2.33. The molecule has 0 radical (unpaired) electrons. The molecule has 1 heterocycles.